The number of hydrogen-bond acceptors (Lipinski definition) is 7. The first kappa shape index (κ1) is 21.9. The van der Waals surface area contributed by atoms with Crippen LogP contribution in [0.3, 0.4) is 0 Å². The van der Waals surface area contributed by atoms with Crippen molar-refractivity contribution in [1.29, 1.82) is 5.41 Å². The van der Waals surface area contributed by atoms with Crippen LogP contribution in [0.25, 0.3) is 0 Å². The summed E-state index contributed by atoms with van der Waals surface area (Å²) >= 11 is 13.2. The summed E-state index contributed by atoms with van der Waals surface area (Å²) in [5, 5.41) is 26.1. The van der Waals surface area contributed by atoms with Gasteiger partial charge in [0.05, 0.1) is 17.3 Å². The van der Waals surface area contributed by atoms with Crippen LogP contribution in [0, 0.1) is 5.41 Å². The fourth-order valence-corrected chi connectivity index (χ4v) is 3.82. The zero-order valence-corrected chi connectivity index (χ0v) is 18.8. The van der Waals surface area contributed by atoms with Gasteiger partial charge in [0.15, 0.2) is 0 Å². The number of hydrogen-bond donors (Lipinski definition) is 4. The van der Waals surface area contributed by atoms with Crippen molar-refractivity contribution < 1.29 is 9.84 Å². The Bertz CT molecular complexity index is 1230. The number of pyridine rings is 1. The summed E-state index contributed by atoms with van der Waals surface area (Å²) < 4.78 is 9.76. The van der Waals surface area contributed by atoms with E-state index in [2.05, 4.69) is 20.0 Å². The summed E-state index contributed by atoms with van der Waals surface area (Å²) in [7, 11) is 0. The molecule has 4 aromatic rings. The maximum absolute atomic E-state index is 10.2. The third-order valence-electron chi connectivity index (χ3n) is 4.33. The van der Waals surface area contributed by atoms with Gasteiger partial charge in [-0.1, -0.05) is 29.3 Å². The van der Waals surface area contributed by atoms with Gasteiger partial charge in [-0.25, -0.2) is 0 Å². The van der Waals surface area contributed by atoms with Crippen LogP contribution in [0.5, 0.6) is 17.4 Å². The summed E-state index contributed by atoms with van der Waals surface area (Å²) in [6, 6.07) is 17.7. The normalized spacial score (nSPS) is 10.6. The van der Waals surface area contributed by atoms with E-state index in [0.717, 1.165) is 22.9 Å². The van der Waals surface area contributed by atoms with Crippen molar-refractivity contribution in [3.8, 4) is 17.4 Å². The Balaban J connectivity index is 1.44. The lowest BCUT2D eigenvalue weighted by atomic mass is 10.2. The molecule has 0 fully saturated rings. The third-order valence-corrected chi connectivity index (χ3v) is 5.63. The van der Waals surface area contributed by atoms with Crippen LogP contribution >= 0.6 is 34.7 Å². The smallest absolute Gasteiger partial charge is 0.236 e. The lowest BCUT2D eigenvalue weighted by Gasteiger charge is -2.11. The van der Waals surface area contributed by atoms with Crippen molar-refractivity contribution in [2.75, 3.05) is 5.32 Å². The van der Waals surface area contributed by atoms with Gasteiger partial charge >= 0.3 is 0 Å². The van der Waals surface area contributed by atoms with Crippen molar-refractivity contribution in [3.05, 3.63) is 88.2 Å². The highest BCUT2D eigenvalue weighted by molar-refractivity contribution is 7.11. The summed E-state index contributed by atoms with van der Waals surface area (Å²) in [5.74, 6) is 0.866. The molecule has 7 nitrogen and oxygen atoms in total. The molecule has 2 aromatic heterocycles. The first-order chi connectivity index (χ1) is 15.5. The number of anilines is 2. The average Bonchev–Trinajstić information content (AvgIpc) is 3.16. The fourth-order valence-electron chi connectivity index (χ4n) is 2.78. The molecule has 2 aromatic carbocycles. The van der Waals surface area contributed by atoms with Crippen LogP contribution < -0.4 is 15.4 Å². The van der Waals surface area contributed by atoms with Crippen LogP contribution in [0.15, 0.2) is 66.9 Å². The van der Waals surface area contributed by atoms with Crippen molar-refractivity contribution in [1.82, 2.24) is 14.7 Å². The zero-order valence-electron chi connectivity index (χ0n) is 16.5. The second-order valence-corrected chi connectivity index (χ2v) is 8.20. The van der Waals surface area contributed by atoms with Gasteiger partial charge in [-0.05, 0) is 60.1 Å². The monoisotopic (exact) mass is 485 g/mol. The molecule has 162 valence electrons. The van der Waals surface area contributed by atoms with Gasteiger partial charge in [-0.15, -0.1) is 0 Å². The number of amidine groups is 1. The van der Waals surface area contributed by atoms with Crippen LogP contribution in [-0.2, 0) is 6.54 Å². The Morgan fingerprint density at radius 2 is 1.91 bits per heavy atom. The molecule has 0 amide bonds. The Hall–Kier alpha value is -3.33. The quantitative estimate of drug-likeness (QED) is 0.183. The minimum Gasteiger partial charge on any atom is -0.492 e. The Kier molecular flexibility index (Phi) is 6.75. The van der Waals surface area contributed by atoms with E-state index in [1.807, 2.05) is 18.2 Å². The lowest BCUT2D eigenvalue weighted by Crippen LogP contribution is -2.23. The molecule has 0 aliphatic rings. The van der Waals surface area contributed by atoms with E-state index in [9.17, 15) is 5.11 Å². The Morgan fingerprint density at radius 1 is 1.09 bits per heavy atom. The molecule has 0 radical (unpaired) electrons. The summed E-state index contributed by atoms with van der Waals surface area (Å²) in [5.41, 5.74) is 1.80. The van der Waals surface area contributed by atoms with Gasteiger partial charge in [-0.2, -0.15) is 4.37 Å². The van der Waals surface area contributed by atoms with Crippen LogP contribution in [0.1, 0.15) is 11.3 Å². The number of aromatic nitrogens is 2. The highest BCUT2D eigenvalue weighted by atomic mass is 35.5. The minimum atomic E-state index is -0.216. The number of nitrogens with one attached hydrogen (secondary N) is 3. The number of rotatable bonds is 7. The maximum Gasteiger partial charge on any atom is 0.236 e. The molecule has 0 spiro atoms. The van der Waals surface area contributed by atoms with E-state index in [1.54, 1.807) is 48.7 Å². The van der Waals surface area contributed by atoms with E-state index in [-0.39, 0.29) is 17.3 Å². The predicted molar refractivity (Wildman–Crippen MR) is 128 cm³/mol. The second-order valence-electron chi connectivity index (χ2n) is 6.59. The molecule has 4 N–H and O–H groups in total. The molecule has 0 aliphatic carbocycles. The molecule has 4 rings (SSSR count). The topological polar surface area (TPSA) is 103 Å². The molecule has 32 heavy (non-hydrogen) atoms. The van der Waals surface area contributed by atoms with E-state index in [0.29, 0.717) is 33.1 Å². The molecule has 0 atom stereocenters. The van der Waals surface area contributed by atoms with Crippen molar-refractivity contribution in [2.45, 2.75) is 6.54 Å². The van der Waals surface area contributed by atoms with Gasteiger partial charge in [0.2, 0.25) is 5.88 Å². The van der Waals surface area contributed by atoms with Crippen molar-refractivity contribution >= 4 is 51.3 Å². The van der Waals surface area contributed by atoms with Crippen LogP contribution in [-0.4, -0.2) is 20.3 Å². The molecule has 0 saturated heterocycles. The van der Waals surface area contributed by atoms with Crippen LogP contribution in [0.4, 0.5) is 10.7 Å². The molecule has 2 heterocycles. The first-order valence-corrected chi connectivity index (χ1v) is 10.9. The SMILES string of the molecule is N=C(NCc1ccccn1)c1c(O)nsc1Nc1ccc(Oc2cc(Cl)ccc2Cl)cc1. The maximum atomic E-state index is 10.2. The molecule has 0 bridgehead atoms. The second kappa shape index (κ2) is 9.86. The molecular weight excluding hydrogens is 469 g/mol. The van der Waals surface area contributed by atoms with E-state index < -0.39 is 0 Å². The van der Waals surface area contributed by atoms with Gasteiger partial charge in [0, 0.05) is 23.0 Å². The molecule has 0 unspecified atom stereocenters. The average molecular weight is 486 g/mol. The van der Waals surface area contributed by atoms with Crippen LogP contribution in [0.2, 0.25) is 10.0 Å². The first-order valence-electron chi connectivity index (χ1n) is 9.41. The third kappa shape index (κ3) is 5.28. The van der Waals surface area contributed by atoms with E-state index in [4.69, 9.17) is 33.3 Å². The van der Waals surface area contributed by atoms with Gasteiger partial charge in [-0.3, -0.25) is 10.4 Å². The van der Waals surface area contributed by atoms with Gasteiger partial charge in [0.25, 0.3) is 0 Å². The highest BCUT2D eigenvalue weighted by Gasteiger charge is 2.18. The fraction of sp³-hybridized carbons (Fsp3) is 0.0455. The summed E-state index contributed by atoms with van der Waals surface area (Å²) in [4.78, 5) is 4.22. The largest absolute Gasteiger partial charge is 0.492 e. The number of halogens is 2. The summed E-state index contributed by atoms with van der Waals surface area (Å²) in [6.07, 6.45) is 1.69. The molecular formula is C22H17Cl2N5O2S. The lowest BCUT2D eigenvalue weighted by molar-refractivity contribution is 0.458. The Morgan fingerprint density at radius 3 is 2.66 bits per heavy atom. The Labute approximate surface area is 198 Å². The number of benzene rings is 2. The summed E-state index contributed by atoms with van der Waals surface area (Å²) in [6.45, 7) is 0.354. The van der Waals surface area contributed by atoms with Gasteiger partial charge < -0.3 is 20.5 Å². The predicted octanol–water partition coefficient (Wildman–Crippen LogP) is 6.20. The number of nitrogens with zero attached hydrogens (tertiary/aromatic N) is 2. The van der Waals surface area contributed by atoms with Crippen molar-refractivity contribution in [2.24, 2.45) is 0 Å². The van der Waals surface area contributed by atoms with Crippen molar-refractivity contribution in [3.63, 3.8) is 0 Å². The number of aromatic hydroxyl groups is 1. The highest BCUT2D eigenvalue weighted by Crippen LogP contribution is 2.34. The zero-order chi connectivity index (χ0) is 22.5. The molecule has 10 heteroatoms. The molecule has 0 saturated carbocycles. The standard InChI is InChI=1S/C22H17Cl2N5O2S/c23-13-4-9-17(24)18(11-13)31-16-7-5-14(6-8-16)28-22-19(21(30)29-32-22)20(25)27-12-15-3-1-2-10-26-15/h1-11,28H,12H2,(H2,25,27)(H,29,30). The molecule has 0 aliphatic heterocycles. The van der Waals surface area contributed by atoms with E-state index in [1.165, 1.54) is 0 Å². The minimum absolute atomic E-state index is 0.0416. The van der Waals surface area contributed by atoms with Gasteiger partial charge in [0.1, 0.15) is 27.9 Å². The van der Waals surface area contributed by atoms with E-state index >= 15 is 0 Å². The number of ether oxygens (including phenoxy) is 1.